The molecule has 1 atom stereocenters. The van der Waals surface area contributed by atoms with E-state index in [-0.39, 0.29) is 0 Å². The van der Waals surface area contributed by atoms with E-state index in [1.165, 1.54) is 81.5 Å². The van der Waals surface area contributed by atoms with Crippen LogP contribution in [0.15, 0.2) is 24.3 Å². The third kappa shape index (κ3) is 2.71. The second-order valence-electron chi connectivity index (χ2n) is 7.52. The molecule has 0 bridgehead atoms. The van der Waals surface area contributed by atoms with Crippen LogP contribution in [0.1, 0.15) is 81.4 Å². The summed E-state index contributed by atoms with van der Waals surface area (Å²) < 4.78 is 0. The lowest BCUT2D eigenvalue weighted by molar-refractivity contribution is 0.332. The first-order valence-corrected chi connectivity index (χ1v) is 9.53. The standard InChI is InChI=1S/C21H29N/c1-2-4-6-10-16(11-7-5-3-1)17-14-15-20-21(17)18-12-8-9-13-19(18)22-20/h8-9,12-13,16-17,22H,1-7,10-11,14-15H2. The third-order valence-electron chi connectivity index (χ3n) is 6.12. The van der Waals surface area contributed by atoms with E-state index in [1.807, 2.05) is 0 Å². The Morgan fingerprint density at radius 3 is 2.23 bits per heavy atom. The molecule has 1 aromatic carbocycles. The number of aromatic amines is 1. The molecule has 0 saturated heterocycles. The zero-order valence-corrected chi connectivity index (χ0v) is 13.7. The SMILES string of the molecule is c1ccc2c3c([nH]c2c1)CCC3C1CCCCCCCCC1. The second kappa shape index (κ2) is 6.48. The van der Waals surface area contributed by atoms with Gasteiger partial charge in [0.25, 0.3) is 0 Å². The predicted octanol–water partition coefficient (Wildman–Crippen LogP) is 6.34. The van der Waals surface area contributed by atoms with Gasteiger partial charge in [0.2, 0.25) is 0 Å². The van der Waals surface area contributed by atoms with Crippen molar-refractivity contribution in [3.63, 3.8) is 0 Å². The normalized spacial score (nSPS) is 24.5. The van der Waals surface area contributed by atoms with Gasteiger partial charge in [-0.1, -0.05) is 63.1 Å². The number of nitrogens with one attached hydrogen (secondary N) is 1. The fraction of sp³-hybridized carbons (Fsp3) is 0.619. The van der Waals surface area contributed by atoms with Crippen LogP contribution in [0.25, 0.3) is 10.9 Å². The van der Waals surface area contributed by atoms with E-state index in [1.54, 1.807) is 11.3 Å². The van der Waals surface area contributed by atoms with Crippen LogP contribution in [0.5, 0.6) is 0 Å². The van der Waals surface area contributed by atoms with Crippen molar-refractivity contribution >= 4 is 10.9 Å². The van der Waals surface area contributed by atoms with E-state index < -0.39 is 0 Å². The number of para-hydroxylation sites is 1. The van der Waals surface area contributed by atoms with E-state index >= 15 is 0 Å². The molecule has 2 aliphatic rings. The van der Waals surface area contributed by atoms with Gasteiger partial charge >= 0.3 is 0 Å². The zero-order chi connectivity index (χ0) is 14.8. The summed E-state index contributed by atoms with van der Waals surface area (Å²) in [7, 11) is 0. The molecule has 1 saturated carbocycles. The van der Waals surface area contributed by atoms with E-state index in [9.17, 15) is 0 Å². The van der Waals surface area contributed by atoms with Crippen molar-refractivity contribution in [1.29, 1.82) is 0 Å². The van der Waals surface area contributed by atoms with Crippen molar-refractivity contribution in [2.45, 2.75) is 76.5 Å². The highest BCUT2D eigenvalue weighted by molar-refractivity contribution is 5.85. The zero-order valence-electron chi connectivity index (χ0n) is 13.7. The third-order valence-corrected chi connectivity index (χ3v) is 6.12. The molecule has 1 nitrogen and oxygen atoms in total. The van der Waals surface area contributed by atoms with Gasteiger partial charge in [-0.25, -0.2) is 0 Å². The van der Waals surface area contributed by atoms with Gasteiger partial charge in [0.1, 0.15) is 0 Å². The van der Waals surface area contributed by atoms with Crippen LogP contribution in [0.2, 0.25) is 0 Å². The monoisotopic (exact) mass is 295 g/mol. The molecular weight excluding hydrogens is 266 g/mol. The summed E-state index contributed by atoms with van der Waals surface area (Å²) in [5, 5.41) is 1.51. The van der Waals surface area contributed by atoms with Crippen molar-refractivity contribution < 1.29 is 0 Å². The molecule has 0 amide bonds. The Hall–Kier alpha value is -1.24. The number of aryl methyl sites for hydroxylation is 1. The Kier molecular flexibility index (Phi) is 4.23. The number of hydrogen-bond acceptors (Lipinski definition) is 0. The lowest BCUT2D eigenvalue weighted by Crippen LogP contribution is -2.12. The number of hydrogen-bond donors (Lipinski definition) is 1. The molecule has 118 valence electrons. The van der Waals surface area contributed by atoms with E-state index in [4.69, 9.17) is 0 Å². The molecule has 1 aromatic heterocycles. The summed E-state index contributed by atoms with van der Waals surface area (Å²) in [6, 6.07) is 8.95. The molecule has 22 heavy (non-hydrogen) atoms. The van der Waals surface area contributed by atoms with Crippen molar-refractivity contribution in [3.05, 3.63) is 35.5 Å². The highest BCUT2D eigenvalue weighted by Gasteiger charge is 2.32. The van der Waals surface area contributed by atoms with Crippen LogP contribution < -0.4 is 0 Å². The molecule has 2 aromatic rings. The molecule has 0 aliphatic heterocycles. The molecular formula is C21H29N. The Balaban J connectivity index is 1.60. The fourth-order valence-electron chi connectivity index (χ4n) is 5.00. The maximum absolute atomic E-state index is 3.70. The molecule has 4 rings (SSSR count). The van der Waals surface area contributed by atoms with Gasteiger partial charge in [-0.05, 0) is 49.1 Å². The fourth-order valence-corrected chi connectivity index (χ4v) is 5.00. The minimum atomic E-state index is 0.825. The summed E-state index contributed by atoms with van der Waals surface area (Å²) in [6.45, 7) is 0. The smallest absolute Gasteiger partial charge is 0.0459 e. The van der Waals surface area contributed by atoms with E-state index in [2.05, 4.69) is 29.2 Å². The molecule has 1 heteroatoms. The topological polar surface area (TPSA) is 15.8 Å². The van der Waals surface area contributed by atoms with E-state index in [0.717, 1.165) is 11.8 Å². The van der Waals surface area contributed by atoms with Crippen molar-refractivity contribution in [3.8, 4) is 0 Å². The number of benzene rings is 1. The first kappa shape index (κ1) is 14.4. The van der Waals surface area contributed by atoms with Crippen LogP contribution in [-0.4, -0.2) is 4.98 Å². The summed E-state index contributed by atoms with van der Waals surface area (Å²) in [6.07, 6.45) is 15.8. The van der Waals surface area contributed by atoms with Gasteiger partial charge in [0.15, 0.2) is 0 Å². The average molecular weight is 295 g/mol. The van der Waals surface area contributed by atoms with Crippen LogP contribution in [-0.2, 0) is 6.42 Å². The maximum atomic E-state index is 3.70. The Bertz CT molecular complexity index is 614. The van der Waals surface area contributed by atoms with Crippen molar-refractivity contribution in [2.75, 3.05) is 0 Å². The van der Waals surface area contributed by atoms with Crippen LogP contribution in [0.4, 0.5) is 0 Å². The summed E-state index contributed by atoms with van der Waals surface area (Å²) in [5.41, 5.74) is 4.60. The maximum Gasteiger partial charge on any atom is 0.0459 e. The molecule has 2 aliphatic carbocycles. The van der Waals surface area contributed by atoms with Gasteiger partial charge in [0, 0.05) is 16.6 Å². The van der Waals surface area contributed by atoms with Crippen molar-refractivity contribution in [2.24, 2.45) is 5.92 Å². The van der Waals surface area contributed by atoms with Gasteiger partial charge in [0.05, 0.1) is 0 Å². The first-order chi connectivity index (χ1) is 10.9. The van der Waals surface area contributed by atoms with Gasteiger partial charge in [-0.3, -0.25) is 0 Å². The number of fused-ring (bicyclic) bond motifs is 3. The number of rotatable bonds is 1. The molecule has 0 radical (unpaired) electrons. The molecule has 1 N–H and O–H groups in total. The van der Waals surface area contributed by atoms with E-state index in [0.29, 0.717) is 0 Å². The summed E-state index contributed by atoms with van der Waals surface area (Å²) >= 11 is 0. The number of H-pyrrole nitrogens is 1. The predicted molar refractivity (Wildman–Crippen MR) is 94.4 cm³/mol. The lowest BCUT2D eigenvalue weighted by atomic mass is 9.79. The Morgan fingerprint density at radius 2 is 1.45 bits per heavy atom. The quantitative estimate of drug-likeness (QED) is 0.632. The molecule has 0 spiro atoms. The Labute approximate surface area is 134 Å². The lowest BCUT2D eigenvalue weighted by Gasteiger charge is -2.25. The van der Waals surface area contributed by atoms with Crippen LogP contribution in [0.3, 0.4) is 0 Å². The minimum Gasteiger partial charge on any atom is -0.358 e. The summed E-state index contributed by atoms with van der Waals surface area (Å²) in [4.78, 5) is 3.70. The minimum absolute atomic E-state index is 0.825. The molecule has 1 fully saturated rings. The van der Waals surface area contributed by atoms with Gasteiger partial charge in [-0.2, -0.15) is 0 Å². The largest absolute Gasteiger partial charge is 0.358 e. The molecule has 1 unspecified atom stereocenters. The van der Waals surface area contributed by atoms with Gasteiger partial charge < -0.3 is 4.98 Å². The highest BCUT2D eigenvalue weighted by Crippen LogP contribution is 2.45. The first-order valence-electron chi connectivity index (χ1n) is 9.53. The summed E-state index contributed by atoms with van der Waals surface area (Å²) in [5.74, 6) is 1.75. The van der Waals surface area contributed by atoms with Crippen LogP contribution in [0, 0.1) is 5.92 Å². The highest BCUT2D eigenvalue weighted by atomic mass is 14.7. The van der Waals surface area contributed by atoms with Gasteiger partial charge in [-0.15, -0.1) is 0 Å². The Morgan fingerprint density at radius 1 is 0.773 bits per heavy atom. The number of aromatic nitrogens is 1. The molecule has 1 heterocycles. The van der Waals surface area contributed by atoms with Crippen LogP contribution >= 0.6 is 0 Å². The average Bonchev–Trinajstić information content (AvgIpc) is 3.11. The van der Waals surface area contributed by atoms with Crippen molar-refractivity contribution in [1.82, 2.24) is 4.98 Å². The second-order valence-corrected chi connectivity index (χ2v) is 7.52.